The van der Waals surface area contributed by atoms with E-state index >= 15 is 0 Å². The van der Waals surface area contributed by atoms with Gasteiger partial charge in [0.25, 0.3) is 0 Å². The number of fused-ring (bicyclic) bond motifs is 4. The highest BCUT2D eigenvalue weighted by molar-refractivity contribution is 6.05. The van der Waals surface area contributed by atoms with Crippen molar-refractivity contribution in [2.45, 2.75) is 19.5 Å². The van der Waals surface area contributed by atoms with E-state index in [-0.39, 0.29) is 28.8 Å². The molecule has 0 bridgehead atoms. The van der Waals surface area contributed by atoms with Crippen molar-refractivity contribution in [1.82, 2.24) is 4.57 Å². The van der Waals surface area contributed by atoms with Gasteiger partial charge in [0.2, 0.25) is 12.1 Å². The number of carbonyl (C=O) groups excluding carboxylic acids is 1. The first-order chi connectivity index (χ1) is 16.2. The third kappa shape index (κ3) is 3.72. The fourth-order valence-electron chi connectivity index (χ4n) is 4.67. The smallest absolute Gasteiger partial charge is 0.245 e. The van der Waals surface area contributed by atoms with Crippen molar-refractivity contribution in [1.29, 1.82) is 0 Å². The molecule has 4 nitrogen and oxygen atoms in total. The summed E-state index contributed by atoms with van der Waals surface area (Å²) in [5.41, 5.74) is 5.86. The number of ketones is 1. The van der Waals surface area contributed by atoms with E-state index < -0.39 is 0 Å². The molecule has 0 N–H and O–H groups in total. The summed E-state index contributed by atoms with van der Waals surface area (Å²) in [6.45, 7) is 2.49. The minimum Gasteiger partial charge on any atom is -1.00 e. The highest BCUT2D eigenvalue weighted by Gasteiger charge is 2.23. The van der Waals surface area contributed by atoms with E-state index in [0.717, 1.165) is 38.5 Å². The van der Waals surface area contributed by atoms with Gasteiger partial charge in [-0.3, -0.25) is 4.79 Å². The fraction of sp³-hybridized carbons (Fsp3) is 0.103. The number of rotatable bonds is 5. The van der Waals surface area contributed by atoms with Crippen LogP contribution in [0.2, 0.25) is 0 Å². The van der Waals surface area contributed by atoms with Crippen molar-refractivity contribution in [3.63, 3.8) is 0 Å². The molecule has 0 aliphatic carbocycles. The third-order valence-electron chi connectivity index (χ3n) is 6.44. The van der Waals surface area contributed by atoms with Crippen LogP contribution in [0.4, 0.5) is 0 Å². The van der Waals surface area contributed by atoms with Crippen LogP contribution in [0.1, 0.15) is 28.9 Å². The van der Waals surface area contributed by atoms with Gasteiger partial charge in [0.05, 0.1) is 0 Å². The van der Waals surface area contributed by atoms with Gasteiger partial charge >= 0.3 is 0 Å². The molecule has 6 rings (SSSR count). The summed E-state index contributed by atoms with van der Waals surface area (Å²) in [5.74, 6) is 0.0995. The molecule has 2 aromatic heterocycles. The minimum absolute atomic E-state index is 0. The molecule has 1 unspecified atom stereocenters. The van der Waals surface area contributed by atoms with E-state index in [1.54, 1.807) is 0 Å². The van der Waals surface area contributed by atoms with Crippen LogP contribution in [0.5, 0.6) is 0 Å². The lowest BCUT2D eigenvalue weighted by Crippen LogP contribution is -3.00. The predicted octanol–water partition coefficient (Wildman–Crippen LogP) is 3.32. The van der Waals surface area contributed by atoms with Crippen LogP contribution < -0.4 is 21.5 Å². The number of aromatic nitrogens is 2. The van der Waals surface area contributed by atoms with Crippen molar-refractivity contribution in [3.05, 3.63) is 115 Å². The van der Waals surface area contributed by atoms with Crippen molar-refractivity contribution in [2.24, 2.45) is 0 Å². The van der Waals surface area contributed by atoms with E-state index in [0.29, 0.717) is 6.54 Å². The monoisotopic (exact) mass is 510 g/mol. The second kappa shape index (κ2) is 8.92. The van der Waals surface area contributed by atoms with Crippen LogP contribution in [0.3, 0.4) is 0 Å². The topological polar surface area (TPSA) is 39.0 Å². The molecular formula is C29H23BrN2O2. The van der Waals surface area contributed by atoms with Gasteiger partial charge in [0.1, 0.15) is 17.2 Å². The molecule has 0 aliphatic rings. The van der Waals surface area contributed by atoms with Gasteiger partial charge in [-0.1, -0.05) is 66.7 Å². The van der Waals surface area contributed by atoms with E-state index in [9.17, 15) is 4.79 Å². The maximum Gasteiger partial charge on any atom is 0.245 e. The fourth-order valence-corrected chi connectivity index (χ4v) is 4.67. The lowest BCUT2D eigenvalue weighted by Gasteiger charge is -2.09. The number of imidazole rings is 1. The summed E-state index contributed by atoms with van der Waals surface area (Å²) in [5, 5.41) is 2.25. The largest absolute Gasteiger partial charge is 1.00 e. The molecule has 0 fully saturated rings. The van der Waals surface area contributed by atoms with Gasteiger partial charge in [-0.15, -0.1) is 0 Å². The molecule has 34 heavy (non-hydrogen) atoms. The Bertz CT molecular complexity index is 1630. The summed E-state index contributed by atoms with van der Waals surface area (Å²) in [6, 6.07) is 32.4. The Morgan fingerprint density at radius 3 is 2.41 bits per heavy atom. The Labute approximate surface area is 207 Å². The van der Waals surface area contributed by atoms with Gasteiger partial charge in [0.15, 0.2) is 17.6 Å². The Hall–Kier alpha value is -3.70. The van der Waals surface area contributed by atoms with Crippen LogP contribution in [0, 0.1) is 0 Å². The first kappa shape index (κ1) is 22.1. The van der Waals surface area contributed by atoms with E-state index in [2.05, 4.69) is 54.2 Å². The number of nitrogens with zero attached hydrogens (tertiary/aromatic N) is 2. The van der Waals surface area contributed by atoms with Gasteiger partial charge in [0, 0.05) is 16.3 Å². The maximum atomic E-state index is 12.9. The summed E-state index contributed by atoms with van der Waals surface area (Å²) in [6.07, 6.45) is 2.06. The minimum atomic E-state index is 0. The van der Waals surface area contributed by atoms with Crippen LogP contribution in [-0.4, -0.2) is 10.4 Å². The highest BCUT2D eigenvalue weighted by atomic mass is 79.9. The molecule has 168 valence electrons. The average molecular weight is 511 g/mol. The van der Waals surface area contributed by atoms with Crippen LogP contribution >= 0.6 is 0 Å². The molecule has 0 amide bonds. The quantitative estimate of drug-likeness (QED) is 0.263. The van der Waals surface area contributed by atoms with Crippen LogP contribution in [0.15, 0.2) is 108 Å². The van der Waals surface area contributed by atoms with Gasteiger partial charge in [-0.05, 0) is 42.8 Å². The molecule has 0 saturated carbocycles. The Morgan fingerprint density at radius 1 is 0.853 bits per heavy atom. The van der Waals surface area contributed by atoms with Gasteiger partial charge < -0.3 is 21.4 Å². The molecular weight excluding hydrogens is 488 g/mol. The highest BCUT2D eigenvalue weighted by Crippen LogP contribution is 2.32. The van der Waals surface area contributed by atoms with Gasteiger partial charge in [-0.25, -0.2) is 9.13 Å². The predicted molar refractivity (Wildman–Crippen MR) is 130 cm³/mol. The van der Waals surface area contributed by atoms with Crippen LogP contribution in [-0.2, 0) is 6.54 Å². The average Bonchev–Trinajstić information content (AvgIpc) is 3.42. The number of hydrogen-bond acceptors (Lipinski definition) is 2. The number of Topliss-reactive ketones (excluding diaryl/α,β-unsaturated/α-hetero) is 1. The zero-order valence-corrected chi connectivity index (χ0v) is 20.3. The SMILES string of the molecule is CC(c1ccc2oc3ccccc3c2c1)n1c[n+](CC(=O)c2ccccc2)c2ccccc21.[Br-]. The Morgan fingerprint density at radius 2 is 1.56 bits per heavy atom. The number of halogens is 1. The normalized spacial score (nSPS) is 12.1. The lowest BCUT2D eigenvalue weighted by molar-refractivity contribution is -0.658. The molecule has 2 heterocycles. The van der Waals surface area contributed by atoms with Crippen molar-refractivity contribution < 1.29 is 30.8 Å². The molecule has 6 aromatic rings. The number of carbonyl (C=O) groups is 1. The number of para-hydroxylation sites is 3. The third-order valence-corrected chi connectivity index (χ3v) is 6.44. The van der Waals surface area contributed by atoms with Crippen LogP contribution in [0.25, 0.3) is 33.0 Å². The molecule has 0 radical (unpaired) electrons. The molecule has 0 spiro atoms. The van der Waals surface area contributed by atoms with E-state index in [1.165, 1.54) is 5.56 Å². The molecule has 0 saturated heterocycles. The molecule has 4 aromatic carbocycles. The number of benzene rings is 4. The van der Waals surface area contributed by atoms with Crippen molar-refractivity contribution in [3.8, 4) is 0 Å². The Balaban J connectivity index is 0.00000241. The summed E-state index contributed by atoms with van der Waals surface area (Å²) in [7, 11) is 0. The summed E-state index contributed by atoms with van der Waals surface area (Å²) in [4.78, 5) is 12.9. The zero-order valence-electron chi connectivity index (χ0n) is 18.7. The number of furan rings is 1. The lowest BCUT2D eigenvalue weighted by atomic mass is 10.0. The summed E-state index contributed by atoms with van der Waals surface area (Å²) >= 11 is 0. The van der Waals surface area contributed by atoms with Crippen molar-refractivity contribution >= 4 is 38.8 Å². The Kier molecular flexibility index (Phi) is 5.80. The first-order valence-corrected chi connectivity index (χ1v) is 11.2. The maximum absolute atomic E-state index is 12.9. The number of hydrogen-bond donors (Lipinski definition) is 0. The first-order valence-electron chi connectivity index (χ1n) is 11.2. The van der Waals surface area contributed by atoms with E-state index in [4.69, 9.17) is 4.42 Å². The standard InChI is InChI=1S/C29H23N2O2.BrH/c1-20(22-15-16-29-24(17-22)23-11-5-8-14-28(23)33-29)31-19-30(25-12-6-7-13-26(25)31)18-27(32)21-9-3-2-4-10-21;/h2-17,19-20H,18H2,1H3;1H/q+1;/p-1. The molecule has 0 aliphatic heterocycles. The van der Waals surface area contributed by atoms with Crippen molar-refractivity contribution in [2.75, 3.05) is 0 Å². The van der Waals surface area contributed by atoms with E-state index in [1.807, 2.05) is 65.2 Å². The molecule has 5 heteroatoms. The summed E-state index contributed by atoms with van der Waals surface area (Å²) < 4.78 is 10.3. The second-order valence-electron chi connectivity index (χ2n) is 8.46. The second-order valence-corrected chi connectivity index (χ2v) is 8.46. The zero-order chi connectivity index (χ0) is 22.4. The van der Waals surface area contributed by atoms with Gasteiger partial charge in [-0.2, -0.15) is 0 Å². The molecule has 1 atom stereocenters.